The number of aromatic nitrogens is 4. The van der Waals surface area contributed by atoms with Gasteiger partial charge in [0.25, 0.3) is 0 Å². The molecule has 4 aromatic carbocycles. The summed E-state index contributed by atoms with van der Waals surface area (Å²) in [4.78, 5) is 34.4. The average Bonchev–Trinajstić information content (AvgIpc) is 4.16. The fourth-order valence-electron chi connectivity index (χ4n) is 7.74. The monoisotopic (exact) mass is 950 g/mol. The molecule has 4 aliphatic rings. The zero-order valence-corrected chi connectivity index (χ0v) is 39.6. The number of nitrogens with zero attached hydrogens (tertiary/aromatic N) is 6. The van der Waals surface area contributed by atoms with Gasteiger partial charge in [0, 0.05) is 38.7 Å². The molecular weight excluding hydrogens is 898 g/mol. The second-order valence-corrected chi connectivity index (χ2v) is 17.3. The van der Waals surface area contributed by atoms with Crippen LogP contribution < -0.4 is 0 Å². The smallest absolute Gasteiger partial charge is 0.359 e. The number of unbranched alkanes of at least 4 members (excludes halogenated alkanes) is 1. The fraction of sp³-hybridized carbons (Fsp3) is 0.346. The van der Waals surface area contributed by atoms with Crippen LogP contribution in [0.15, 0.2) is 107 Å². The van der Waals surface area contributed by atoms with E-state index in [1.54, 1.807) is 88.2 Å². The van der Waals surface area contributed by atoms with Gasteiger partial charge in [-0.15, -0.1) is 0 Å². The third-order valence-corrected chi connectivity index (χ3v) is 11.6. The number of halogens is 4. The van der Waals surface area contributed by atoms with E-state index >= 15 is 0 Å². The van der Waals surface area contributed by atoms with Gasteiger partial charge in [-0.1, -0.05) is 94.4 Å². The largest absolute Gasteiger partial charge is 0.458 e. The summed E-state index contributed by atoms with van der Waals surface area (Å²) < 4.78 is 48.7. The highest BCUT2D eigenvalue weighted by molar-refractivity contribution is 6.32. The minimum Gasteiger partial charge on any atom is -0.458 e. The Balaban J connectivity index is 0.000000175. The topological polar surface area (TPSA) is 122 Å². The summed E-state index contributed by atoms with van der Waals surface area (Å²) in [5, 5.41) is 9.97. The minimum atomic E-state index is -0.500. The first-order chi connectivity index (χ1) is 32.5. The Kier molecular flexibility index (Phi) is 16.9. The van der Waals surface area contributed by atoms with E-state index in [1.807, 2.05) is 6.07 Å². The Labute approximate surface area is 399 Å². The van der Waals surface area contributed by atoms with Crippen molar-refractivity contribution in [2.24, 2.45) is 9.98 Å². The average molecular weight is 952 g/mol. The molecule has 0 bridgehead atoms. The highest BCUT2D eigenvalue weighted by Crippen LogP contribution is 2.31. The molecule has 0 N–H and O–H groups in total. The van der Waals surface area contributed by atoms with Crippen molar-refractivity contribution < 1.29 is 32.6 Å². The fourth-order valence-corrected chi connectivity index (χ4v) is 8.08. The van der Waals surface area contributed by atoms with Crippen molar-refractivity contribution in [2.45, 2.75) is 104 Å². The van der Waals surface area contributed by atoms with Gasteiger partial charge in [-0.3, -0.25) is 9.98 Å². The molecule has 1 unspecified atom stereocenters. The van der Waals surface area contributed by atoms with Crippen LogP contribution in [0.1, 0.15) is 134 Å². The maximum atomic E-state index is 14.5. The normalized spacial score (nSPS) is 15.7. The number of esters is 2. The first-order valence-corrected chi connectivity index (χ1v) is 23.7. The SMILES string of the molecule is CCC.CCCC.O=C(OC1CCCC1)c1cc2n(n1)-c1ccc(Cl)cc1C(c1ccccc1F)=NC2.O=C(OC1CCOC1)c1cc2n(n1)-c1ccc(Cl)cc1C(c1ccccc1F)=NC2. The van der Waals surface area contributed by atoms with Crippen LogP contribution in [0.25, 0.3) is 11.4 Å². The van der Waals surface area contributed by atoms with Crippen molar-refractivity contribution >= 4 is 46.6 Å². The van der Waals surface area contributed by atoms with Crippen LogP contribution in [-0.4, -0.2) is 68.3 Å². The quantitative estimate of drug-likeness (QED) is 0.146. The molecule has 5 heterocycles. The van der Waals surface area contributed by atoms with Gasteiger partial charge >= 0.3 is 11.9 Å². The molecule has 67 heavy (non-hydrogen) atoms. The zero-order chi connectivity index (χ0) is 47.5. The Bertz CT molecular complexity index is 2570. The molecule has 6 aromatic rings. The molecule has 1 saturated heterocycles. The third-order valence-electron chi connectivity index (χ3n) is 11.2. The summed E-state index contributed by atoms with van der Waals surface area (Å²) in [5.74, 6) is -1.65. The Hall–Kier alpha value is -6.02. The zero-order valence-electron chi connectivity index (χ0n) is 38.1. The van der Waals surface area contributed by atoms with E-state index in [0.29, 0.717) is 80.4 Å². The summed E-state index contributed by atoms with van der Waals surface area (Å²) in [7, 11) is 0. The van der Waals surface area contributed by atoms with Gasteiger partial charge in [-0.25, -0.2) is 27.7 Å². The molecule has 0 radical (unpaired) electrons. The second kappa shape index (κ2) is 23.1. The van der Waals surface area contributed by atoms with Crippen molar-refractivity contribution in [2.75, 3.05) is 13.2 Å². The first kappa shape index (κ1) is 48.9. The van der Waals surface area contributed by atoms with Crippen LogP contribution in [0, 0.1) is 11.6 Å². The molecular formula is C52H54Cl2F2N6O5. The van der Waals surface area contributed by atoms with E-state index in [2.05, 4.69) is 47.9 Å². The lowest BCUT2D eigenvalue weighted by Gasteiger charge is -2.12. The van der Waals surface area contributed by atoms with Crippen LogP contribution in [0.2, 0.25) is 10.0 Å². The Morgan fingerprint density at radius 3 is 1.49 bits per heavy atom. The molecule has 3 aliphatic heterocycles. The molecule has 15 heteroatoms. The number of aliphatic imine (C=N–C) groups is 2. The van der Waals surface area contributed by atoms with E-state index in [0.717, 1.165) is 31.4 Å². The van der Waals surface area contributed by atoms with Gasteiger partial charge in [0.1, 0.15) is 23.8 Å². The van der Waals surface area contributed by atoms with Crippen molar-refractivity contribution in [1.82, 2.24) is 19.6 Å². The lowest BCUT2D eigenvalue weighted by Crippen LogP contribution is -2.18. The number of hydrogen-bond donors (Lipinski definition) is 0. The van der Waals surface area contributed by atoms with Gasteiger partial charge in [-0.2, -0.15) is 10.2 Å². The molecule has 0 spiro atoms. The number of carbonyl (C=O) groups is 2. The van der Waals surface area contributed by atoms with E-state index in [9.17, 15) is 18.4 Å². The van der Waals surface area contributed by atoms with E-state index in [1.165, 1.54) is 31.4 Å². The molecule has 1 aliphatic carbocycles. The summed E-state index contributed by atoms with van der Waals surface area (Å²) in [6, 6.07) is 26.9. The van der Waals surface area contributed by atoms with Crippen LogP contribution in [0.3, 0.4) is 0 Å². The lowest BCUT2D eigenvalue weighted by molar-refractivity contribution is 0.0262. The van der Waals surface area contributed by atoms with Crippen LogP contribution in [-0.2, 0) is 27.3 Å². The van der Waals surface area contributed by atoms with E-state index < -0.39 is 11.9 Å². The van der Waals surface area contributed by atoms with Gasteiger partial charge in [0.2, 0.25) is 0 Å². The standard InChI is InChI=1S/C23H19ClFN3O2.C22H17ClFN3O3.C4H10.C3H8/c24-14-9-10-21-18(11-14)22(17-7-3-4-8-19(17)25)26-13-15-12-20(27-28(15)21)23(29)30-16-5-1-2-6-16;23-13-5-6-20-17(9-13)21(16-3-1-2-4-18(16)24)25-11-14-10-19(26-27(14)20)22(28)30-15-7-8-29-12-15;1-3-4-2;1-3-2/h3-4,7-12,16H,1-2,5-6,13H2;1-6,9-10,15H,7-8,11-12H2;3-4H2,1-2H3;3H2,1-2H3. The summed E-state index contributed by atoms with van der Waals surface area (Å²) >= 11 is 12.5. The molecule has 2 aromatic heterocycles. The molecule has 350 valence electrons. The molecule has 1 atom stereocenters. The maximum Gasteiger partial charge on any atom is 0.359 e. The number of benzene rings is 4. The number of fused-ring (bicyclic) bond motifs is 6. The summed E-state index contributed by atoms with van der Waals surface area (Å²) in [6.45, 7) is 10.1. The minimum absolute atomic E-state index is 0.0317. The highest BCUT2D eigenvalue weighted by atomic mass is 35.5. The first-order valence-electron chi connectivity index (χ1n) is 22.9. The Morgan fingerprint density at radius 1 is 0.627 bits per heavy atom. The third kappa shape index (κ3) is 11.8. The predicted octanol–water partition coefficient (Wildman–Crippen LogP) is 12.3. The highest BCUT2D eigenvalue weighted by Gasteiger charge is 2.29. The van der Waals surface area contributed by atoms with Gasteiger partial charge in [0.05, 0.1) is 60.5 Å². The van der Waals surface area contributed by atoms with Crippen molar-refractivity contribution in [3.05, 3.63) is 164 Å². The predicted molar refractivity (Wildman–Crippen MR) is 257 cm³/mol. The maximum absolute atomic E-state index is 14.5. The van der Waals surface area contributed by atoms with Crippen LogP contribution in [0.4, 0.5) is 8.78 Å². The number of ether oxygens (including phenoxy) is 3. The van der Waals surface area contributed by atoms with Crippen molar-refractivity contribution in [1.29, 1.82) is 0 Å². The van der Waals surface area contributed by atoms with Crippen LogP contribution in [0.5, 0.6) is 0 Å². The van der Waals surface area contributed by atoms with Gasteiger partial charge < -0.3 is 14.2 Å². The van der Waals surface area contributed by atoms with Crippen molar-refractivity contribution in [3.63, 3.8) is 0 Å². The molecule has 11 nitrogen and oxygen atoms in total. The second-order valence-electron chi connectivity index (χ2n) is 16.4. The molecule has 2 fully saturated rings. The molecule has 0 amide bonds. The molecule has 1 saturated carbocycles. The van der Waals surface area contributed by atoms with Crippen LogP contribution >= 0.6 is 23.2 Å². The van der Waals surface area contributed by atoms with E-state index in [4.69, 9.17) is 37.4 Å². The van der Waals surface area contributed by atoms with Gasteiger partial charge in [0.15, 0.2) is 11.4 Å². The Morgan fingerprint density at radius 2 is 1.07 bits per heavy atom. The van der Waals surface area contributed by atoms with E-state index in [-0.39, 0.29) is 48.3 Å². The number of rotatable bonds is 7. The number of hydrogen-bond acceptors (Lipinski definition) is 9. The molecule has 10 rings (SSSR count). The van der Waals surface area contributed by atoms with Gasteiger partial charge in [-0.05, 0) is 98.5 Å². The summed E-state index contributed by atoms with van der Waals surface area (Å²) in [5.41, 5.74) is 6.29. The number of carbonyl (C=O) groups excluding carboxylic acids is 2. The van der Waals surface area contributed by atoms with Crippen molar-refractivity contribution in [3.8, 4) is 11.4 Å². The lowest BCUT2D eigenvalue weighted by atomic mass is 10.00. The summed E-state index contributed by atoms with van der Waals surface area (Å²) in [6.07, 6.45) is 8.25.